The Bertz CT molecular complexity index is 460. The van der Waals surface area contributed by atoms with E-state index in [-0.39, 0.29) is 16.9 Å². The average Bonchev–Trinajstić information content (AvgIpc) is 2.78. The molecule has 1 N–H and O–H groups in total. The highest BCUT2D eigenvalue weighted by atomic mass is 32.2. The maximum absolute atomic E-state index is 11.0. The summed E-state index contributed by atoms with van der Waals surface area (Å²) in [5, 5.41) is 19.7. The average molecular weight is 267 g/mol. The number of nitrogens with zero attached hydrogens (tertiary/aromatic N) is 1. The van der Waals surface area contributed by atoms with Crippen LogP contribution in [-0.2, 0) is 4.79 Å². The summed E-state index contributed by atoms with van der Waals surface area (Å²) < 4.78 is 0. The van der Waals surface area contributed by atoms with Crippen LogP contribution in [0, 0.1) is 16.0 Å². The molecule has 0 heterocycles. The van der Waals surface area contributed by atoms with Crippen molar-refractivity contribution in [3.05, 3.63) is 34.4 Å². The topological polar surface area (TPSA) is 80.4 Å². The van der Waals surface area contributed by atoms with Crippen LogP contribution >= 0.6 is 11.8 Å². The third kappa shape index (κ3) is 2.81. The van der Waals surface area contributed by atoms with E-state index in [4.69, 9.17) is 5.11 Å². The van der Waals surface area contributed by atoms with Gasteiger partial charge in [0.05, 0.1) is 10.8 Å². The molecule has 2 atom stereocenters. The van der Waals surface area contributed by atoms with E-state index in [9.17, 15) is 14.9 Å². The Morgan fingerprint density at radius 3 is 2.56 bits per heavy atom. The lowest BCUT2D eigenvalue weighted by Gasteiger charge is -2.14. The lowest BCUT2D eigenvalue weighted by atomic mass is 10.1. The molecule has 5 nitrogen and oxygen atoms in total. The Hall–Kier alpha value is -1.56. The molecule has 2 unspecified atom stereocenters. The van der Waals surface area contributed by atoms with Gasteiger partial charge < -0.3 is 5.11 Å². The van der Waals surface area contributed by atoms with Crippen molar-refractivity contribution < 1.29 is 14.8 Å². The normalized spacial score (nSPS) is 22.9. The van der Waals surface area contributed by atoms with Gasteiger partial charge in [-0.05, 0) is 25.0 Å². The van der Waals surface area contributed by atoms with Crippen molar-refractivity contribution in [2.75, 3.05) is 0 Å². The number of aliphatic carboxylic acids is 1. The van der Waals surface area contributed by atoms with Crippen molar-refractivity contribution in [3.8, 4) is 0 Å². The molecule has 0 saturated heterocycles. The smallest absolute Gasteiger partial charge is 0.307 e. The van der Waals surface area contributed by atoms with E-state index >= 15 is 0 Å². The van der Waals surface area contributed by atoms with Crippen molar-refractivity contribution in [2.24, 2.45) is 5.92 Å². The molecular weight excluding hydrogens is 254 g/mol. The van der Waals surface area contributed by atoms with Gasteiger partial charge >= 0.3 is 5.97 Å². The minimum absolute atomic E-state index is 0.0561. The van der Waals surface area contributed by atoms with Gasteiger partial charge in [-0.15, -0.1) is 11.8 Å². The second kappa shape index (κ2) is 5.39. The molecule has 2 rings (SSSR count). The summed E-state index contributed by atoms with van der Waals surface area (Å²) in [6.07, 6.45) is 2.54. The van der Waals surface area contributed by atoms with Crippen LogP contribution in [0.5, 0.6) is 0 Å². The zero-order valence-electron chi connectivity index (χ0n) is 9.61. The molecule has 0 amide bonds. The number of carboxylic acid groups (broad SMARTS) is 1. The van der Waals surface area contributed by atoms with Crippen LogP contribution in [0.2, 0.25) is 0 Å². The Balaban J connectivity index is 2.05. The molecule has 1 fully saturated rings. The van der Waals surface area contributed by atoms with Crippen LogP contribution in [0.25, 0.3) is 0 Å². The Kier molecular flexibility index (Phi) is 3.86. The van der Waals surface area contributed by atoms with E-state index in [1.165, 1.54) is 23.9 Å². The van der Waals surface area contributed by atoms with Crippen molar-refractivity contribution in [3.63, 3.8) is 0 Å². The zero-order valence-corrected chi connectivity index (χ0v) is 10.4. The number of nitro benzene ring substituents is 1. The maximum Gasteiger partial charge on any atom is 0.307 e. The lowest BCUT2D eigenvalue weighted by Crippen LogP contribution is -2.19. The summed E-state index contributed by atoms with van der Waals surface area (Å²) in [4.78, 5) is 22.0. The van der Waals surface area contributed by atoms with Gasteiger partial charge in [0.1, 0.15) is 0 Å². The van der Waals surface area contributed by atoms with Gasteiger partial charge in [-0.3, -0.25) is 14.9 Å². The van der Waals surface area contributed by atoms with Crippen molar-refractivity contribution in [1.29, 1.82) is 0 Å². The summed E-state index contributed by atoms with van der Waals surface area (Å²) in [7, 11) is 0. The Morgan fingerprint density at radius 1 is 1.33 bits per heavy atom. The van der Waals surface area contributed by atoms with Crippen molar-refractivity contribution in [2.45, 2.75) is 29.4 Å². The maximum atomic E-state index is 11.0. The van der Waals surface area contributed by atoms with Crippen LogP contribution in [0.3, 0.4) is 0 Å². The number of non-ortho nitro benzene ring substituents is 1. The first-order valence-electron chi connectivity index (χ1n) is 5.72. The fourth-order valence-electron chi connectivity index (χ4n) is 2.17. The Labute approximate surface area is 108 Å². The molecule has 1 aromatic carbocycles. The van der Waals surface area contributed by atoms with E-state index in [0.29, 0.717) is 0 Å². The second-order valence-electron chi connectivity index (χ2n) is 4.28. The molecule has 18 heavy (non-hydrogen) atoms. The zero-order chi connectivity index (χ0) is 13.1. The number of carbonyl (C=O) groups is 1. The first-order valence-corrected chi connectivity index (χ1v) is 6.60. The van der Waals surface area contributed by atoms with E-state index in [1.54, 1.807) is 12.1 Å². The predicted molar refractivity (Wildman–Crippen MR) is 67.7 cm³/mol. The van der Waals surface area contributed by atoms with E-state index in [2.05, 4.69) is 0 Å². The van der Waals surface area contributed by atoms with Crippen LogP contribution in [0.1, 0.15) is 19.3 Å². The monoisotopic (exact) mass is 267 g/mol. The third-order valence-electron chi connectivity index (χ3n) is 3.10. The fourth-order valence-corrected chi connectivity index (χ4v) is 3.51. The standard InChI is InChI=1S/C12H13NO4S/c14-12(15)10-2-1-3-11(10)18-9-6-4-8(5-7-9)13(16)17/h4-7,10-11H,1-3H2,(H,14,15). The molecule has 0 spiro atoms. The van der Waals surface area contributed by atoms with Crippen LogP contribution in [0.4, 0.5) is 5.69 Å². The van der Waals surface area contributed by atoms with Crippen molar-refractivity contribution >= 4 is 23.4 Å². The first kappa shape index (κ1) is 12.9. The number of nitro groups is 1. The molecule has 1 saturated carbocycles. The number of hydrogen-bond acceptors (Lipinski definition) is 4. The minimum atomic E-state index is -0.744. The summed E-state index contributed by atoms with van der Waals surface area (Å²) in [5.74, 6) is -1.04. The van der Waals surface area contributed by atoms with Crippen LogP contribution in [0.15, 0.2) is 29.2 Å². The number of hydrogen-bond donors (Lipinski definition) is 1. The molecule has 0 radical (unpaired) electrons. The van der Waals surface area contributed by atoms with E-state index in [1.807, 2.05) is 0 Å². The fraction of sp³-hybridized carbons (Fsp3) is 0.417. The molecule has 1 aliphatic rings. The predicted octanol–water partition coefficient (Wildman–Crippen LogP) is 2.94. The molecule has 0 aliphatic heterocycles. The van der Waals surface area contributed by atoms with Crippen LogP contribution < -0.4 is 0 Å². The number of rotatable bonds is 4. The highest BCUT2D eigenvalue weighted by Crippen LogP contribution is 2.39. The summed E-state index contributed by atoms with van der Waals surface area (Å²) in [6, 6.07) is 6.26. The molecule has 96 valence electrons. The molecule has 1 aromatic rings. The summed E-state index contributed by atoms with van der Waals surface area (Å²) in [6.45, 7) is 0. The van der Waals surface area contributed by atoms with Crippen molar-refractivity contribution in [1.82, 2.24) is 0 Å². The number of carboxylic acids is 1. The first-order chi connectivity index (χ1) is 8.58. The third-order valence-corrected chi connectivity index (χ3v) is 4.52. The van der Waals surface area contributed by atoms with E-state index < -0.39 is 10.9 Å². The van der Waals surface area contributed by atoms with Gasteiger partial charge in [0.15, 0.2) is 0 Å². The van der Waals surface area contributed by atoms with Gasteiger partial charge in [0, 0.05) is 22.3 Å². The molecular formula is C12H13NO4S. The summed E-state index contributed by atoms with van der Waals surface area (Å²) >= 11 is 1.50. The SMILES string of the molecule is O=C(O)C1CCCC1Sc1ccc([N+](=O)[O-])cc1. The Morgan fingerprint density at radius 2 is 2.00 bits per heavy atom. The van der Waals surface area contributed by atoms with Gasteiger partial charge in [-0.2, -0.15) is 0 Å². The van der Waals surface area contributed by atoms with Gasteiger partial charge in [-0.1, -0.05) is 6.42 Å². The minimum Gasteiger partial charge on any atom is -0.481 e. The quantitative estimate of drug-likeness (QED) is 0.670. The highest BCUT2D eigenvalue weighted by Gasteiger charge is 2.33. The molecule has 0 aromatic heterocycles. The summed E-state index contributed by atoms with van der Waals surface area (Å²) in [5.41, 5.74) is 0.0561. The van der Waals surface area contributed by atoms with Crippen LogP contribution in [-0.4, -0.2) is 21.2 Å². The lowest BCUT2D eigenvalue weighted by molar-refractivity contribution is -0.384. The molecule has 1 aliphatic carbocycles. The van der Waals surface area contributed by atoms with Gasteiger partial charge in [0.2, 0.25) is 0 Å². The van der Waals surface area contributed by atoms with Gasteiger partial charge in [0.25, 0.3) is 5.69 Å². The molecule has 0 bridgehead atoms. The largest absolute Gasteiger partial charge is 0.481 e. The molecule has 6 heteroatoms. The van der Waals surface area contributed by atoms with Gasteiger partial charge in [-0.25, -0.2) is 0 Å². The highest BCUT2D eigenvalue weighted by molar-refractivity contribution is 8.00. The number of thioether (sulfide) groups is 1. The number of benzene rings is 1. The van der Waals surface area contributed by atoms with E-state index in [0.717, 1.165) is 24.2 Å². The second-order valence-corrected chi connectivity index (χ2v) is 5.60.